The number of benzene rings is 1. The maximum atomic E-state index is 11.8. The van der Waals surface area contributed by atoms with Crippen molar-refractivity contribution in [3.8, 4) is 0 Å². The van der Waals surface area contributed by atoms with Crippen LogP contribution in [0.3, 0.4) is 0 Å². The van der Waals surface area contributed by atoms with Crippen molar-refractivity contribution in [3.63, 3.8) is 0 Å². The smallest absolute Gasteiger partial charge is 0.207 e. The van der Waals surface area contributed by atoms with Crippen molar-refractivity contribution in [3.05, 3.63) is 40.4 Å². The van der Waals surface area contributed by atoms with Crippen molar-refractivity contribution < 1.29 is 8.42 Å². The summed E-state index contributed by atoms with van der Waals surface area (Å²) < 4.78 is 25.9. The third-order valence-electron chi connectivity index (χ3n) is 1.99. The molecule has 0 unspecified atom stereocenters. The lowest BCUT2D eigenvalue weighted by molar-refractivity contribution is 0.585. The second kappa shape index (κ2) is 5.19. The predicted molar refractivity (Wildman–Crippen MR) is 66.6 cm³/mol. The molecule has 6 heteroatoms. The highest BCUT2D eigenvalue weighted by atomic mass is 35.5. The quantitative estimate of drug-likeness (QED) is 0.862. The highest BCUT2D eigenvalue weighted by molar-refractivity contribution is 7.89. The van der Waals surface area contributed by atoms with Crippen molar-refractivity contribution in [2.45, 2.75) is 11.8 Å². The van der Waals surface area contributed by atoms with Crippen LogP contribution in [-0.2, 0) is 10.0 Å². The molecule has 0 saturated heterocycles. The first-order valence-corrected chi connectivity index (χ1v) is 6.69. The van der Waals surface area contributed by atoms with E-state index in [0.29, 0.717) is 10.6 Å². The summed E-state index contributed by atoms with van der Waals surface area (Å²) in [4.78, 5) is 0.0258. The van der Waals surface area contributed by atoms with Crippen LogP contribution in [0, 0.1) is 6.92 Å². The van der Waals surface area contributed by atoms with Gasteiger partial charge in [0.05, 0.1) is 5.02 Å². The van der Waals surface area contributed by atoms with Crippen molar-refractivity contribution in [1.82, 2.24) is 4.72 Å². The molecule has 1 aromatic rings. The molecule has 0 spiro atoms. The summed E-state index contributed by atoms with van der Waals surface area (Å²) in [5.74, 6) is 0. The van der Waals surface area contributed by atoms with Gasteiger partial charge in [-0.15, -0.1) is 6.58 Å². The summed E-state index contributed by atoms with van der Waals surface area (Å²) in [6, 6.07) is 2.88. The fourth-order valence-electron chi connectivity index (χ4n) is 1.09. The van der Waals surface area contributed by atoms with Crippen LogP contribution >= 0.6 is 23.2 Å². The van der Waals surface area contributed by atoms with Gasteiger partial charge in [-0.3, -0.25) is 0 Å². The molecule has 0 bridgehead atoms. The fraction of sp³-hybridized carbons (Fsp3) is 0.200. The zero-order valence-corrected chi connectivity index (χ0v) is 11.0. The van der Waals surface area contributed by atoms with Gasteiger partial charge in [-0.25, -0.2) is 13.1 Å². The van der Waals surface area contributed by atoms with E-state index in [-0.39, 0.29) is 16.5 Å². The van der Waals surface area contributed by atoms with Gasteiger partial charge in [-0.1, -0.05) is 29.3 Å². The largest absolute Gasteiger partial charge is 0.242 e. The summed E-state index contributed by atoms with van der Waals surface area (Å²) in [7, 11) is -3.60. The van der Waals surface area contributed by atoms with E-state index in [2.05, 4.69) is 11.3 Å². The van der Waals surface area contributed by atoms with E-state index in [0.717, 1.165) is 0 Å². The lowest BCUT2D eigenvalue weighted by Crippen LogP contribution is -2.24. The lowest BCUT2D eigenvalue weighted by Gasteiger charge is -2.09. The summed E-state index contributed by atoms with van der Waals surface area (Å²) >= 11 is 11.8. The van der Waals surface area contributed by atoms with E-state index in [4.69, 9.17) is 23.2 Å². The molecule has 16 heavy (non-hydrogen) atoms. The first-order valence-electron chi connectivity index (χ1n) is 4.45. The molecule has 0 amide bonds. The molecule has 0 aliphatic rings. The van der Waals surface area contributed by atoms with Crippen LogP contribution < -0.4 is 4.72 Å². The first-order chi connectivity index (χ1) is 7.40. The van der Waals surface area contributed by atoms with E-state index in [1.807, 2.05) is 0 Å². The van der Waals surface area contributed by atoms with Gasteiger partial charge in [0.2, 0.25) is 10.0 Å². The van der Waals surface area contributed by atoms with Crippen LogP contribution in [0.5, 0.6) is 0 Å². The maximum absolute atomic E-state index is 11.8. The minimum Gasteiger partial charge on any atom is -0.207 e. The van der Waals surface area contributed by atoms with Crippen LogP contribution in [0.4, 0.5) is 0 Å². The molecule has 0 fully saturated rings. The average molecular weight is 280 g/mol. The Morgan fingerprint density at radius 2 is 2.06 bits per heavy atom. The van der Waals surface area contributed by atoms with E-state index in [9.17, 15) is 8.42 Å². The molecule has 0 aliphatic carbocycles. The van der Waals surface area contributed by atoms with Crippen LogP contribution in [0.15, 0.2) is 29.7 Å². The Hall–Kier alpha value is -0.550. The van der Waals surface area contributed by atoms with Gasteiger partial charge < -0.3 is 0 Å². The van der Waals surface area contributed by atoms with Crippen LogP contribution in [0.25, 0.3) is 0 Å². The molecule has 0 radical (unpaired) electrons. The molecule has 88 valence electrons. The molecule has 0 saturated carbocycles. The van der Waals surface area contributed by atoms with Crippen LogP contribution in [0.2, 0.25) is 10.0 Å². The molecule has 3 nitrogen and oxygen atoms in total. The van der Waals surface area contributed by atoms with Gasteiger partial charge in [0.1, 0.15) is 4.90 Å². The second-order valence-corrected chi connectivity index (χ2v) is 5.65. The number of rotatable bonds is 4. The SMILES string of the molecule is C=CCNS(=O)(=O)c1ccc(Cl)c(C)c1Cl. The number of sulfonamides is 1. The lowest BCUT2D eigenvalue weighted by atomic mass is 10.2. The first kappa shape index (κ1) is 13.5. The Kier molecular flexibility index (Phi) is 4.38. The summed E-state index contributed by atoms with van der Waals surface area (Å²) in [6.07, 6.45) is 1.45. The molecule has 1 rings (SSSR count). The summed E-state index contributed by atoms with van der Waals surface area (Å²) in [6.45, 7) is 5.25. The van der Waals surface area contributed by atoms with E-state index in [1.54, 1.807) is 6.92 Å². The minimum absolute atomic E-state index is 0.0258. The summed E-state index contributed by atoms with van der Waals surface area (Å²) in [5.41, 5.74) is 0.546. The Bertz CT molecular complexity index is 512. The van der Waals surface area contributed by atoms with E-state index in [1.165, 1.54) is 18.2 Å². The molecule has 1 aromatic carbocycles. The normalized spacial score (nSPS) is 11.4. The highest BCUT2D eigenvalue weighted by Gasteiger charge is 2.19. The number of hydrogen-bond donors (Lipinski definition) is 1. The van der Waals surface area contributed by atoms with Gasteiger partial charge in [-0.2, -0.15) is 0 Å². The Balaban J connectivity index is 3.24. The van der Waals surface area contributed by atoms with Gasteiger partial charge in [-0.05, 0) is 24.6 Å². The Labute approximate surface area is 105 Å². The van der Waals surface area contributed by atoms with E-state index < -0.39 is 10.0 Å². The highest BCUT2D eigenvalue weighted by Crippen LogP contribution is 2.29. The zero-order chi connectivity index (χ0) is 12.3. The predicted octanol–water partition coefficient (Wildman–Crippen LogP) is 2.77. The fourth-order valence-corrected chi connectivity index (χ4v) is 2.89. The number of halogens is 2. The zero-order valence-electron chi connectivity index (χ0n) is 8.63. The molecular formula is C10H11Cl2NO2S. The van der Waals surface area contributed by atoms with Gasteiger partial charge in [0.25, 0.3) is 0 Å². The molecule has 0 aliphatic heterocycles. The van der Waals surface area contributed by atoms with Crippen molar-refractivity contribution in [1.29, 1.82) is 0 Å². The Morgan fingerprint density at radius 1 is 1.44 bits per heavy atom. The molecule has 0 aromatic heterocycles. The van der Waals surface area contributed by atoms with Crippen molar-refractivity contribution in [2.24, 2.45) is 0 Å². The average Bonchev–Trinajstić information content (AvgIpc) is 2.23. The molecule has 0 atom stereocenters. The molecule has 1 N–H and O–H groups in total. The third kappa shape index (κ3) is 2.77. The van der Waals surface area contributed by atoms with Gasteiger partial charge in [0.15, 0.2) is 0 Å². The van der Waals surface area contributed by atoms with Gasteiger partial charge >= 0.3 is 0 Å². The number of hydrogen-bond acceptors (Lipinski definition) is 2. The summed E-state index contributed by atoms with van der Waals surface area (Å²) in [5, 5.41) is 0.580. The minimum atomic E-state index is -3.60. The topological polar surface area (TPSA) is 46.2 Å². The standard InChI is InChI=1S/C10H11Cl2NO2S/c1-3-6-13-16(14,15)9-5-4-8(11)7(2)10(9)12/h3-5,13H,1,6H2,2H3. The Morgan fingerprint density at radius 3 is 2.62 bits per heavy atom. The monoisotopic (exact) mass is 279 g/mol. The second-order valence-electron chi connectivity index (χ2n) is 3.13. The maximum Gasteiger partial charge on any atom is 0.242 e. The van der Waals surface area contributed by atoms with Crippen LogP contribution in [-0.4, -0.2) is 15.0 Å². The van der Waals surface area contributed by atoms with E-state index >= 15 is 0 Å². The van der Waals surface area contributed by atoms with Crippen molar-refractivity contribution >= 4 is 33.2 Å². The van der Waals surface area contributed by atoms with Crippen LogP contribution in [0.1, 0.15) is 5.56 Å². The molecule has 0 heterocycles. The molecular weight excluding hydrogens is 269 g/mol. The van der Waals surface area contributed by atoms with Crippen molar-refractivity contribution in [2.75, 3.05) is 6.54 Å². The number of nitrogens with one attached hydrogen (secondary N) is 1. The third-order valence-corrected chi connectivity index (χ3v) is 4.47. The van der Waals surface area contributed by atoms with Gasteiger partial charge in [0, 0.05) is 11.6 Å².